The molecule has 0 fully saturated rings. The molecule has 2 aliphatic heterocycles. The summed E-state index contributed by atoms with van der Waals surface area (Å²) in [5.74, 6) is 1.10. The van der Waals surface area contributed by atoms with Gasteiger partial charge in [0, 0.05) is 43.1 Å². The van der Waals surface area contributed by atoms with E-state index < -0.39 is 5.82 Å². The Hall–Kier alpha value is -3.61. The van der Waals surface area contributed by atoms with E-state index in [1.165, 1.54) is 17.3 Å². The number of amides is 1. The molecule has 170 valence electrons. The molecule has 0 spiro atoms. The Bertz CT molecular complexity index is 1230. The second-order valence-corrected chi connectivity index (χ2v) is 8.63. The van der Waals surface area contributed by atoms with Crippen LogP contribution in [0.4, 0.5) is 15.9 Å². The first-order valence-corrected chi connectivity index (χ1v) is 11.3. The summed E-state index contributed by atoms with van der Waals surface area (Å²) < 4.78 is 20.8. The fourth-order valence-electron chi connectivity index (χ4n) is 4.56. The van der Waals surface area contributed by atoms with E-state index in [0.29, 0.717) is 30.2 Å². The number of fused-ring (bicyclic) bond motifs is 2. The zero-order valence-corrected chi connectivity index (χ0v) is 19.1. The minimum absolute atomic E-state index is 0.0244. The largest absolute Gasteiger partial charge is 0.454 e. The molecule has 0 saturated heterocycles. The van der Waals surface area contributed by atoms with Gasteiger partial charge >= 0.3 is 0 Å². The van der Waals surface area contributed by atoms with Gasteiger partial charge < -0.3 is 19.9 Å². The van der Waals surface area contributed by atoms with E-state index >= 15 is 0 Å². The first-order chi connectivity index (χ1) is 15.9. The zero-order valence-electron chi connectivity index (χ0n) is 19.1. The summed E-state index contributed by atoms with van der Waals surface area (Å²) >= 11 is 0. The molecule has 0 aliphatic carbocycles. The number of carbonyl (C=O) groups excluding carboxylic acids is 1. The van der Waals surface area contributed by atoms with Gasteiger partial charge in [0.25, 0.3) is 5.91 Å². The van der Waals surface area contributed by atoms with Crippen LogP contribution in [0.25, 0.3) is 0 Å². The molecule has 6 nitrogen and oxygen atoms in total. The van der Waals surface area contributed by atoms with E-state index in [4.69, 9.17) is 4.74 Å². The molecule has 7 heteroatoms. The minimum atomic E-state index is -0.419. The zero-order chi connectivity index (χ0) is 23.1. The predicted molar refractivity (Wildman–Crippen MR) is 127 cm³/mol. The second kappa shape index (κ2) is 8.39. The number of halogens is 1. The maximum Gasteiger partial charge on any atom is 0.254 e. The van der Waals surface area contributed by atoms with Crippen molar-refractivity contribution in [3.05, 3.63) is 76.7 Å². The van der Waals surface area contributed by atoms with Crippen LogP contribution in [-0.4, -0.2) is 35.9 Å². The molecule has 33 heavy (non-hydrogen) atoms. The molecule has 0 radical (unpaired) electrons. The van der Waals surface area contributed by atoms with Crippen molar-refractivity contribution in [3.8, 4) is 11.5 Å². The van der Waals surface area contributed by atoms with Crippen molar-refractivity contribution in [1.29, 1.82) is 0 Å². The molecule has 1 amide bonds. The minimum Gasteiger partial charge on any atom is -0.454 e. The van der Waals surface area contributed by atoms with Gasteiger partial charge in [-0.15, -0.1) is 0 Å². The van der Waals surface area contributed by atoms with Crippen LogP contribution in [0.2, 0.25) is 0 Å². The molecule has 0 bridgehead atoms. The van der Waals surface area contributed by atoms with Crippen molar-refractivity contribution < 1.29 is 13.9 Å². The maximum absolute atomic E-state index is 14.9. The van der Waals surface area contributed by atoms with E-state index in [-0.39, 0.29) is 17.7 Å². The lowest BCUT2D eigenvalue weighted by molar-refractivity contribution is 0.0787. The summed E-state index contributed by atoms with van der Waals surface area (Å²) in [6.07, 6.45) is 2.60. The molecule has 3 heterocycles. The van der Waals surface area contributed by atoms with Crippen LogP contribution in [0, 0.1) is 5.82 Å². The maximum atomic E-state index is 14.9. The third-order valence-corrected chi connectivity index (χ3v) is 6.52. The van der Waals surface area contributed by atoms with Crippen molar-refractivity contribution in [2.75, 3.05) is 30.4 Å². The highest BCUT2D eigenvalue weighted by Crippen LogP contribution is 2.34. The summed E-state index contributed by atoms with van der Waals surface area (Å²) in [7, 11) is 2.07. The quantitative estimate of drug-likeness (QED) is 0.567. The lowest BCUT2D eigenvalue weighted by atomic mass is 10.1. The standard InChI is InChI=1S/C26H27FN4O2/c1-4-31-15-21-20(26(31)32)9-11-28-25(21)29-16(2)17-5-8-24(22(27)14-17)33-19-6-7-23-18(13-19)10-12-30(23)3/h5-9,11,13-14,16H,4,10,12,15H2,1-3H3,(H,28,29). The van der Waals surface area contributed by atoms with E-state index in [9.17, 15) is 9.18 Å². The van der Waals surface area contributed by atoms with Crippen molar-refractivity contribution >= 4 is 17.4 Å². The number of carbonyl (C=O) groups is 1. The Balaban J connectivity index is 1.32. The lowest BCUT2D eigenvalue weighted by Crippen LogP contribution is -2.22. The number of nitrogens with one attached hydrogen (secondary N) is 1. The smallest absolute Gasteiger partial charge is 0.254 e. The fourth-order valence-corrected chi connectivity index (χ4v) is 4.56. The summed E-state index contributed by atoms with van der Waals surface area (Å²) in [5, 5.41) is 3.35. The van der Waals surface area contributed by atoms with Crippen LogP contribution in [0.1, 0.15) is 46.9 Å². The van der Waals surface area contributed by atoms with Crippen LogP contribution < -0.4 is 15.0 Å². The van der Waals surface area contributed by atoms with Gasteiger partial charge in [-0.1, -0.05) is 6.07 Å². The Morgan fingerprint density at radius 2 is 2.06 bits per heavy atom. The van der Waals surface area contributed by atoms with Gasteiger partial charge in [-0.05, 0) is 67.8 Å². The number of benzene rings is 2. The lowest BCUT2D eigenvalue weighted by Gasteiger charge is -2.18. The molecule has 2 aromatic carbocycles. The summed E-state index contributed by atoms with van der Waals surface area (Å²) in [6.45, 7) is 6.07. The molecule has 1 atom stereocenters. The highest BCUT2D eigenvalue weighted by molar-refractivity contribution is 5.99. The number of likely N-dealkylation sites (N-methyl/N-ethyl adjacent to an activating group) is 1. The molecular formula is C26H27FN4O2. The Morgan fingerprint density at radius 1 is 1.21 bits per heavy atom. The molecule has 3 aromatic rings. The van der Waals surface area contributed by atoms with Crippen LogP contribution >= 0.6 is 0 Å². The number of hydrogen-bond donors (Lipinski definition) is 1. The Labute approximate surface area is 193 Å². The third kappa shape index (κ3) is 3.88. The Morgan fingerprint density at radius 3 is 2.85 bits per heavy atom. The summed E-state index contributed by atoms with van der Waals surface area (Å²) in [4.78, 5) is 20.9. The van der Waals surface area contributed by atoms with Crippen LogP contribution in [-0.2, 0) is 13.0 Å². The highest BCUT2D eigenvalue weighted by atomic mass is 19.1. The molecule has 0 saturated carbocycles. The first kappa shape index (κ1) is 21.2. The number of anilines is 2. The number of pyridine rings is 1. The number of rotatable bonds is 6. The number of ether oxygens (including phenoxy) is 1. The molecular weight excluding hydrogens is 419 g/mol. The average Bonchev–Trinajstić information content (AvgIpc) is 3.35. The van der Waals surface area contributed by atoms with Gasteiger partial charge in [0.1, 0.15) is 11.6 Å². The predicted octanol–water partition coefficient (Wildman–Crippen LogP) is 5.15. The van der Waals surface area contributed by atoms with Gasteiger partial charge in [-0.3, -0.25) is 4.79 Å². The van der Waals surface area contributed by atoms with Crippen molar-refractivity contribution in [2.24, 2.45) is 0 Å². The average molecular weight is 447 g/mol. The van der Waals surface area contributed by atoms with Crippen LogP contribution in [0.5, 0.6) is 11.5 Å². The topological polar surface area (TPSA) is 57.7 Å². The number of aromatic nitrogens is 1. The van der Waals surface area contributed by atoms with E-state index in [1.54, 1.807) is 23.2 Å². The van der Waals surface area contributed by atoms with Gasteiger partial charge in [0.2, 0.25) is 0 Å². The van der Waals surface area contributed by atoms with Crippen LogP contribution in [0.15, 0.2) is 48.7 Å². The summed E-state index contributed by atoms with van der Waals surface area (Å²) in [5.41, 5.74) is 4.75. The number of hydrogen-bond acceptors (Lipinski definition) is 5. The van der Waals surface area contributed by atoms with Crippen LogP contribution in [0.3, 0.4) is 0 Å². The van der Waals surface area contributed by atoms with Gasteiger partial charge in [-0.25, -0.2) is 9.37 Å². The second-order valence-electron chi connectivity index (χ2n) is 8.63. The van der Waals surface area contributed by atoms with Crippen molar-refractivity contribution in [3.63, 3.8) is 0 Å². The Kier molecular flexibility index (Phi) is 5.40. The van der Waals surface area contributed by atoms with Gasteiger partial charge in [0.05, 0.1) is 12.6 Å². The van der Waals surface area contributed by atoms with Gasteiger partial charge in [0.15, 0.2) is 11.6 Å². The SMILES string of the molecule is CCN1Cc2c(ccnc2NC(C)c2ccc(Oc3ccc4c(c3)CCN4C)c(F)c2)C1=O. The molecule has 2 aliphatic rings. The van der Waals surface area contributed by atoms with E-state index in [2.05, 4.69) is 22.2 Å². The van der Waals surface area contributed by atoms with Gasteiger partial charge in [-0.2, -0.15) is 0 Å². The number of nitrogens with zero attached hydrogens (tertiary/aromatic N) is 3. The monoisotopic (exact) mass is 446 g/mol. The van der Waals surface area contributed by atoms with E-state index in [0.717, 1.165) is 24.1 Å². The third-order valence-electron chi connectivity index (χ3n) is 6.52. The molecule has 1 unspecified atom stereocenters. The molecule has 1 N–H and O–H groups in total. The molecule has 5 rings (SSSR count). The fraction of sp³-hybridized carbons (Fsp3) is 0.308. The highest BCUT2D eigenvalue weighted by Gasteiger charge is 2.29. The van der Waals surface area contributed by atoms with E-state index in [1.807, 2.05) is 38.1 Å². The normalized spacial score (nSPS) is 15.5. The summed E-state index contributed by atoms with van der Waals surface area (Å²) in [6, 6.07) is 12.4. The molecule has 1 aromatic heterocycles. The van der Waals surface area contributed by atoms with Crippen molar-refractivity contribution in [2.45, 2.75) is 32.9 Å². The first-order valence-electron chi connectivity index (χ1n) is 11.3. The van der Waals surface area contributed by atoms with Crippen molar-refractivity contribution in [1.82, 2.24) is 9.88 Å².